The van der Waals surface area contributed by atoms with Crippen molar-refractivity contribution in [2.24, 2.45) is 0 Å². The summed E-state index contributed by atoms with van der Waals surface area (Å²) >= 11 is 0. The normalized spacial score (nSPS) is 16.1. The van der Waals surface area contributed by atoms with E-state index in [1.54, 1.807) is 26.0 Å². The largest absolute Gasteiger partial charge is 0.371 e. The van der Waals surface area contributed by atoms with Crippen LogP contribution in [-0.2, 0) is 11.3 Å². The number of benzene rings is 2. The molecule has 3 rings (SSSR count). The van der Waals surface area contributed by atoms with Crippen LogP contribution < -0.4 is 16.0 Å². The molecular formula is C21H26FN3O. The lowest BCUT2D eigenvalue weighted by molar-refractivity contribution is -0.126. The second kappa shape index (κ2) is 7.87. The van der Waals surface area contributed by atoms with Gasteiger partial charge in [-0.2, -0.15) is 0 Å². The predicted octanol–water partition coefficient (Wildman–Crippen LogP) is 3.29. The molecule has 1 fully saturated rings. The Kier molecular flexibility index (Phi) is 5.57. The molecule has 138 valence electrons. The van der Waals surface area contributed by atoms with Crippen LogP contribution in [0.1, 0.15) is 29.5 Å². The van der Waals surface area contributed by atoms with Crippen molar-refractivity contribution in [2.75, 3.05) is 18.4 Å². The zero-order chi connectivity index (χ0) is 18.6. The summed E-state index contributed by atoms with van der Waals surface area (Å²) in [5, 5.41) is 9.79. The number of carbonyl (C=O) groups is 1. The van der Waals surface area contributed by atoms with Gasteiger partial charge in [0.1, 0.15) is 11.4 Å². The van der Waals surface area contributed by atoms with Crippen molar-refractivity contribution in [2.45, 2.75) is 38.8 Å². The minimum absolute atomic E-state index is 0.0116. The second-order valence-corrected chi connectivity index (χ2v) is 7.05. The third-order valence-electron chi connectivity index (χ3n) is 5.01. The van der Waals surface area contributed by atoms with Crippen LogP contribution in [0.3, 0.4) is 0 Å². The standard InChI is InChI=1S/C21H26FN3O/c1-15-12-18(13-16(2)19(15)22)25-21(8-10-23-11-9-21)20(26)24-14-17-6-4-3-5-7-17/h3-7,12-13,23,25H,8-11,14H2,1-2H3,(H,24,26). The number of rotatable bonds is 5. The smallest absolute Gasteiger partial charge is 0.246 e. The highest BCUT2D eigenvalue weighted by Gasteiger charge is 2.39. The second-order valence-electron chi connectivity index (χ2n) is 7.05. The molecule has 0 atom stereocenters. The number of hydrogen-bond acceptors (Lipinski definition) is 3. The first-order valence-corrected chi connectivity index (χ1v) is 9.08. The van der Waals surface area contributed by atoms with Gasteiger partial charge in [-0.1, -0.05) is 30.3 Å². The molecule has 1 aliphatic rings. The average Bonchev–Trinajstić information content (AvgIpc) is 2.65. The summed E-state index contributed by atoms with van der Waals surface area (Å²) in [5.74, 6) is -0.203. The van der Waals surface area contributed by atoms with Crippen LogP contribution in [0.4, 0.5) is 10.1 Å². The van der Waals surface area contributed by atoms with Crippen molar-refractivity contribution in [3.8, 4) is 0 Å². The van der Waals surface area contributed by atoms with E-state index in [1.165, 1.54) is 0 Å². The lowest BCUT2D eigenvalue weighted by Gasteiger charge is -2.38. The van der Waals surface area contributed by atoms with Crippen LogP contribution in [0.2, 0.25) is 0 Å². The third-order valence-corrected chi connectivity index (χ3v) is 5.01. The van der Waals surface area contributed by atoms with Gasteiger partial charge in [0.15, 0.2) is 0 Å². The molecule has 2 aromatic rings. The van der Waals surface area contributed by atoms with Crippen LogP contribution in [0.25, 0.3) is 0 Å². The van der Waals surface area contributed by atoms with Gasteiger partial charge >= 0.3 is 0 Å². The molecule has 0 unspecified atom stereocenters. The number of amides is 1. The van der Waals surface area contributed by atoms with E-state index in [1.807, 2.05) is 30.3 Å². The van der Waals surface area contributed by atoms with Gasteiger partial charge in [-0.25, -0.2) is 4.39 Å². The molecule has 4 nitrogen and oxygen atoms in total. The SMILES string of the molecule is Cc1cc(NC2(C(=O)NCc3ccccc3)CCNCC2)cc(C)c1F. The summed E-state index contributed by atoms with van der Waals surface area (Å²) < 4.78 is 13.9. The monoisotopic (exact) mass is 355 g/mol. The molecule has 5 heteroatoms. The molecule has 0 radical (unpaired) electrons. The number of carbonyl (C=O) groups excluding carboxylic acids is 1. The van der Waals surface area contributed by atoms with Gasteiger partial charge in [-0.3, -0.25) is 4.79 Å². The fourth-order valence-corrected chi connectivity index (χ4v) is 3.50. The van der Waals surface area contributed by atoms with Crippen LogP contribution in [0, 0.1) is 19.7 Å². The van der Waals surface area contributed by atoms with Crippen molar-refractivity contribution in [1.82, 2.24) is 10.6 Å². The molecule has 0 bridgehead atoms. The Morgan fingerprint density at radius 3 is 2.35 bits per heavy atom. The van der Waals surface area contributed by atoms with Crippen molar-refractivity contribution < 1.29 is 9.18 Å². The van der Waals surface area contributed by atoms with Crippen molar-refractivity contribution in [3.63, 3.8) is 0 Å². The molecule has 0 saturated carbocycles. The number of nitrogens with one attached hydrogen (secondary N) is 3. The summed E-state index contributed by atoms with van der Waals surface area (Å²) in [6, 6.07) is 13.4. The molecule has 1 aliphatic heterocycles. The number of aryl methyl sites for hydroxylation is 2. The van der Waals surface area contributed by atoms with Crippen molar-refractivity contribution in [3.05, 3.63) is 65.0 Å². The van der Waals surface area contributed by atoms with E-state index in [4.69, 9.17) is 0 Å². The van der Waals surface area contributed by atoms with Gasteiger partial charge < -0.3 is 16.0 Å². The number of hydrogen-bond donors (Lipinski definition) is 3. The van der Waals surface area contributed by atoms with Crippen LogP contribution in [0.15, 0.2) is 42.5 Å². The number of piperidine rings is 1. The molecule has 2 aromatic carbocycles. The molecule has 1 amide bonds. The van der Waals surface area contributed by atoms with Gasteiger partial charge in [0.25, 0.3) is 0 Å². The Morgan fingerprint density at radius 1 is 1.12 bits per heavy atom. The topological polar surface area (TPSA) is 53.2 Å². The predicted molar refractivity (Wildman–Crippen MR) is 103 cm³/mol. The molecule has 0 aromatic heterocycles. The number of halogens is 1. The summed E-state index contributed by atoms with van der Waals surface area (Å²) in [5.41, 5.74) is 2.34. The Balaban J connectivity index is 1.78. The van der Waals surface area contributed by atoms with E-state index in [9.17, 15) is 9.18 Å². The highest BCUT2D eigenvalue weighted by atomic mass is 19.1. The van der Waals surface area contributed by atoms with Gasteiger partial charge in [-0.15, -0.1) is 0 Å². The fourth-order valence-electron chi connectivity index (χ4n) is 3.50. The zero-order valence-corrected chi connectivity index (χ0v) is 15.4. The van der Waals surface area contributed by atoms with E-state index >= 15 is 0 Å². The van der Waals surface area contributed by atoms with E-state index in [0.29, 0.717) is 30.5 Å². The molecular weight excluding hydrogens is 329 g/mol. The Labute approximate surface area is 154 Å². The maximum absolute atomic E-state index is 13.9. The third kappa shape index (κ3) is 4.05. The maximum Gasteiger partial charge on any atom is 0.246 e. The summed E-state index contributed by atoms with van der Waals surface area (Å²) in [6.07, 6.45) is 1.37. The van der Waals surface area contributed by atoms with Crippen LogP contribution in [0.5, 0.6) is 0 Å². The van der Waals surface area contributed by atoms with Gasteiger partial charge in [0, 0.05) is 12.2 Å². The lowest BCUT2D eigenvalue weighted by atomic mass is 9.86. The minimum atomic E-state index is -0.684. The van der Waals surface area contributed by atoms with Crippen molar-refractivity contribution in [1.29, 1.82) is 0 Å². The Bertz CT molecular complexity index is 747. The maximum atomic E-state index is 13.9. The molecule has 1 saturated heterocycles. The van der Waals surface area contributed by atoms with E-state index in [2.05, 4.69) is 16.0 Å². The Hall–Kier alpha value is -2.40. The van der Waals surface area contributed by atoms with E-state index in [-0.39, 0.29) is 11.7 Å². The molecule has 0 spiro atoms. The average molecular weight is 355 g/mol. The van der Waals surface area contributed by atoms with Gasteiger partial charge in [0.05, 0.1) is 0 Å². The molecule has 1 heterocycles. The minimum Gasteiger partial charge on any atom is -0.371 e. The first kappa shape index (κ1) is 18.4. The molecule has 26 heavy (non-hydrogen) atoms. The van der Waals surface area contributed by atoms with Gasteiger partial charge in [-0.05, 0) is 68.6 Å². The van der Waals surface area contributed by atoms with Crippen LogP contribution in [-0.4, -0.2) is 24.5 Å². The first-order valence-electron chi connectivity index (χ1n) is 9.08. The van der Waals surface area contributed by atoms with Gasteiger partial charge in [0.2, 0.25) is 5.91 Å². The number of anilines is 1. The highest BCUT2D eigenvalue weighted by molar-refractivity contribution is 5.89. The zero-order valence-electron chi connectivity index (χ0n) is 15.4. The van der Waals surface area contributed by atoms with Crippen LogP contribution >= 0.6 is 0 Å². The lowest BCUT2D eigenvalue weighted by Crippen LogP contribution is -2.57. The fraction of sp³-hybridized carbons (Fsp3) is 0.381. The van der Waals surface area contributed by atoms with E-state index in [0.717, 1.165) is 24.3 Å². The summed E-state index contributed by atoms with van der Waals surface area (Å²) in [4.78, 5) is 13.1. The first-order chi connectivity index (χ1) is 12.5. The molecule has 3 N–H and O–H groups in total. The Morgan fingerprint density at radius 2 is 1.73 bits per heavy atom. The van der Waals surface area contributed by atoms with Crippen molar-refractivity contribution >= 4 is 11.6 Å². The quantitative estimate of drug-likeness (QED) is 0.771. The summed E-state index contributed by atoms with van der Waals surface area (Å²) in [6.45, 7) is 5.53. The summed E-state index contributed by atoms with van der Waals surface area (Å²) in [7, 11) is 0. The van der Waals surface area contributed by atoms with E-state index < -0.39 is 5.54 Å². The highest BCUT2D eigenvalue weighted by Crippen LogP contribution is 2.27. The molecule has 0 aliphatic carbocycles.